The minimum atomic E-state index is 0.603. The van der Waals surface area contributed by atoms with E-state index in [2.05, 4.69) is 41.7 Å². The third-order valence-corrected chi connectivity index (χ3v) is 2.26. The number of anilines is 1. The van der Waals surface area contributed by atoms with Gasteiger partial charge in [-0.2, -0.15) is 0 Å². The molecular weight excluding hydrogens is 200 g/mol. The van der Waals surface area contributed by atoms with E-state index in [0.717, 1.165) is 25.1 Å². The molecule has 16 heavy (non-hydrogen) atoms. The second kappa shape index (κ2) is 6.85. The van der Waals surface area contributed by atoms with Crippen LogP contribution in [-0.2, 0) is 6.42 Å². The second-order valence-corrected chi connectivity index (χ2v) is 3.55. The van der Waals surface area contributed by atoms with Crippen molar-refractivity contribution < 1.29 is 0 Å². The molecule has 1 aromatic carbocycles. The molecule has 0 spiro atoms. The zero-order valence-corrected chi connectivity index (χ0v) is 9.96. The molecule has 0 aliphatic rings. The fourth-order valence-electron chi connectivity index (χ4n) is 1.31. The van der Waals surface area contributed by atoms with Crippen molar-refractivity contribution in [1.82, 2.24) is 5.43 Å². The van der Waals surface area contributed by atoms with E-state index in [1.807, 2.05) is 12.1 Å². The summed E-state index contributed by atoms with van der Waals surface area (Å²) in [4.78, 5) is 4.27. The van der Waals surface area contributed by atoms with Crippen molar-refractivity contribution in [2.75, 3.05) is 11.9 Å². The SMILES string of the molecule is CCCN=C(NN)Nc1ccc(CC)cc1. The quantitative estimate of drug-likeness (QED) is 0.314. The summed E-state index contributed by atoms with van der Waals surface area (Å²) in [6, 6.07) is 8.24. The molecule has 0 saturated carbocycles. The second-order valence-electron chi connectivity index (χ2n) is 3.55. The summed E-state index contributed by atoms with van der Waals surface area (Å²) in [5, 5.41) is 3.13. The summed E-state index contributed by atoms with van der Waals surface area (Å²) < 4.78 is 0. The normalized spacial score (nSPS) is 11.3. The molecule has 88 valence electrons. The van der Waals surface area contributed by atoms with Crippen molar-refractivity contribution in [2.45, 2.75) is 26.7 Å². The number of hydrazine groups is 1. The van der Waals surface area contributed by atoms with Crippen molar-refractivity contribution in [3.8, 4) is 0 Å². The lowest BCUT2D eigenvalue weighted by molar-refractivity contribution is 0.905. The largest absolute Gasteiger partial charge is 0.325 e. The third kappa shape index (κ3) is 3.90. The van der Waals surface area contributed by atoms with Crippen LogP contribution >= 0.6 is 0 Å². The van der Waals surface area contributed by atoms with E-state index in [9.17, 15) is 0 Å². The first-order chi connectivity index (χ1) is 7.80. The number of guanidine groups is 1. The number of nitrogens with two attached hydrogens (primary N) is 1. The fourth-order valence-corrected chi connectivity index (χ4v) is 1.31. The molecule has 1 aromatic rings. The minimum absolute atomic E-state index is 0.603. The zero-order valence-electron chi connectivity index (χ0n) is 9.96. The lowest BCUT2D eigenvalue weighted by Gasteiger charge is -2.09. The predicted molar refractivity (Wildman–Crippen MR) is 69.4 cm³/mol. The van der Waals surface area contributed by atoms with Gasteiger partial charge in [0.2, 0.25) is 5.96 Å². The summed E-state index contributed by atoms with van der Waals surface area (Å²) in [5.74, 6) is 5.98. The van der Waals surface area contributed by atoms with Gasteiger partial charge in [0.15, 0.2) is 0 Å². The molecule has 0 fully saturated rings. The number of rotatable bonds is 4. The third-order valence-electron chi connectivity index (χ3n) is 2.26. The molecule has 0 saturated heterocycles. The van der Waals surface area contributed by atoms with Gasteiger partial charge in [0, 0.05) is 12.2 Å². The zero-order chi connectivity index (χ0) is 11.8. The molecule has 1 rings (SSSR count). The topological polar surface area (TPSA) is 62.4 Å². The van der Waals surface area contributed by atoms with Crippen LogP contribution in [0.1, 0.15) is 25.8 Å². The highest BCUT2D eigenvalue weighted by Crippen LogP contribution is 2.09. The fraction of sp³-hybridized carbons (Fsp3) is 0.417. The van der Waals surface area contributed by atoms with Gasteiger partial charge in [0.25, 0.3) is 0 Å². The average Bonchev–Trinajstić information content (AvgIpc) is 2.35. The first kappa shape index (κ1) is 12.5. The maximum atomic E-state index is 5.37. The summed E-state index contributed by atoms with van der Waals surface area (Å²) in [6.07, 6.45) is 2.05. The Bertz CT molecular complexity index is 329. The van der Waals surface area contributed by atoms with E-state index in [4.69, 9.17) is 5.84 Å². The molecule has 4 N–H and O–H groups in total. The van der Waals surface area contributed by atoms with Gasteiger partial charge < -0.3 is 5.32 Å². The number of nitrogens with zero attached hydrogens (tertiary/aromatic N) is 1. The summed E-state index contributed by atoms with van der Waals surface area (Å²) in [6.45, 7) is 4.98. The molecule has 0 aliphatic carbocycles. The smallest absolute Gasteiger partial charge is 0.210 e. The van der Waals surface area contributed by atoms with Crippen molar-refractivity contribution >= 4 is 11.6 Å². The number of aliphatic imine (C=N–C) groups is 1. The van der Waals surface area contributed by atoms with Crippen molar-refractivity contribution in [1.29, 1.82) is 0 Å². The van der Waals surface area contributed by atoms with Crippen LogP contribution in [-0.4, -0.2) is 12.5 Å². The predicted octanol–water partition coefficient (Wildman–Crippen LogP) is 1.89. The van der Waals surface area contributed by atoms with Crippen molar-refractivity contribution in [3.05, 3.63) is 29.8 Å². The lowest BCUT2D eigenvalue weighted by atomic mass is 10.1. The molecule has 4 nitrogen and oxygen atoms in total. The molecule has 0 atom stereocenters. The maximum Gasteiger partial charge on any atom is 0.210 e. The Balaban J connectivity index is 2.63. The monoisotopic (exact) mass is 220 g/mol. The molecule has 0 unspecified atom stereocenters. The Labute approximate surface area is 96.9 Å². The van der Waals surface area contributed by atoms with Gasteiger partial charge in [-0.3, -0.25) is 10.4 Å². The van der Waals surface area contributed by atoms with Crippen LogP contribution in [0.2, 0.25) is 0 Å². The van der Waals surface area contributed by atoms with Gasteiger partial charge in [0.1, 0.15) is 0 Å². The van der Waals surface area contributed by atoms with Gasteiger partial charge in [0.05, 0.1) is 0 Å². The Kier molecular flexibility index (Phi) is 5.36. The Morgan fingerprint density at radius 3 is 2.44 bits per heavy atom. The standard InChI is InChI=1S/C12H20N4/c1-3-9-14-12(16-13)15-11-7-5-10(4-2)6-8-11/h5-8H,3-4,9,13H2,1-2H3,(H2,14,15,16). The van der Waals surface area contributed by atoms with E-state index in [1.54, 1.807) is 0 Å². The van der Waals surface area contributed by atoms with Gasteiger partial charge >= 0.3 is 0 Å². The lowest BCUT2D eigenvalue weighted by Crippen LogP contribution is -2.36. The summed E-state index contributed by atoms with van der Waals surface area (Å²) >= 11 is 0. The van der Waals surface area contributed by atoms with E-state index in [1.165, 1.54) is 5.56 Å². The number of hydrogen-bond donors (Lipinski definition) is 3. The average molecular weight is 220 g/mol. The molecule has 0 bridgehead atoms. The van der Waals surface area contributed by atoms with Gasteiger partial charge in [-0.1, -0.05) is 26.0 Å². The maximum absolute atomic E-state index is 5.37. The minimum Gasteiger partial charge on any atom is -0.325 e. The van der Waals surface area contributed by atoms with Gasteiger partial charge in [-0.05, 0) is 30.5 Å². The highest BCUT2D eigenvalue weighted by atomic mass is 15.3. The Hall–Kier alpha value is -1.55. The molecular formula is C12H20N4. The van der Waals surface area contributed by atoms with E-state index in [-0.39, 0.29) is 0 Å². The van der Waals surface area contributed by atoms with Gasteiger partial charge in [-0.15, -0.1) is 0 Å². The van der Waals surface area contributed by atoms with Crippen LogP contribution in [0.3, 0.4) is 0 Å². The molecule has 4 heteroatoms. The molecule has 0 aliphatic heterocycles. The van der Waals surface area contributed by atoms with E-state index < -0.39 is 0 Å². The highest BCUT2D eigenvalue weighted by molar-refractivity contribution is 5.93. The summed E-state index contributed by atoms with van der Waals surface area (Å²) in [5.41, 5.74) is 4.86. The van der Waals surface area contributed by atoms with E-state index >= 15 is 0 Å². The van der Waals surface area contributed by atoms with Crippen LogP contribution in [0, 0.1) is 0 Å². The summed E-state index contributed by atoms with van der Waals surface area (Å²) in [7, 11) is 0. The number of benzene rings is 1. The van der Waals surface area contributed by atoms with Crippen LogP contribution in [0.4, 0.5) is 5.69 Å². The van der Waals surface area contributed by atoms with Crippen LogP contribution < -0.4 is 16.6 Å². The highest BCUT2D eigenvalue weighted by Gasteiger charge is 1.97. The van der Waals surface area contributed by atoms with E-state index in [0.29, 0.717) is 5.96 Å². The molecule has 0 radical (unpaired) electrons. The number of nitrogens with one attached hydrogen (secondary N) is 2. The number of hydrogen-bond acceptors (Lipinski definition) is 2. The Morgan fingerprint density at radius 1 is 1.25 bits per heavy atom. The van der Waals surface area contributed by atoms with Crippen molar-refractivity contribution in [3.63, 3.8) is 0 Å². The van der Waals surface area contributed by atoms with Crippen LogP contribution in [0.15, 0.2) is 29.3 Å². The van der Waals surface area contributed by atoms with Gasteiger partial charge in [-0.25, -0.2) is 5.84 Å². The molecule has 0 aromatic heterocycles. The molecule has 0 heterocycles. The first-order valence-corrected chi connectivity index (χ1v) is 5.67. The van der Waals surface area contributed by atoms with Crippen LogP contribution in [0.5, 0.6) is 0 Å². The Morgan fingerprint density at radius 2 is 1.94 bits per heavy atom. The first-order valence-electron chi connectivity index (χ1n) is 5.67. The molecule has 0 amide bonds. The number of aryl methyl sites for hydroxylation is 1. The van der Waals surface area contributed by atoms with Crippen molar-refractivity contribution in [2.24, 2.45) is 10.8 Å². The van der Waals surface area contributed by atoms with Crippen LogP contribution in [0.25, 0.3) is 0 Å².